The van der Waals surface area contributed by atoms with Crippen molar-refractivity contribution in [3.05, 3.63) is 59.4 Å². The SMILES string of the molecule is CCCCCCCCCCCCCCCCCCOC[C@H](COP(=O)(O)OC[C@H]1O[C@@](C#N)(c2ccc3c(N)ccnn23)[C@H](O)[C@@H]1O)Oc1ccccc1Cl. The zero-order chi connectivity index (χ0) is 39.5. The molecule has 0 radical (unpaired) electrons. The van der Waals surface area contributed by atoms with Gasteiger partial charge in [-0.2, -0.15) is 10.4 Å². The number of rotatable bonds is 28. The molecule has 2 aromatic heterocycles. The maximum Gasteiger partial charge on any atom is 0.472 e. The van der Waals surface area contributed by atoms with Crippen LogP contribution in [-0.4, -0.2) is 75.6 Å². The standard InChI is InChI=1S/C40H60ClN4O9P/c1-2-3-4-5-6-7-8-9-10-11-12-13-14-15-16-19-26-50-27-31(53-35-21-18-17-20-32(35)41)28-51-55(48,49)52-29-36-38(46)39(47)40(30-42,54-36)37-23-22-34-33(43)24-25-44-45(34)37/h17-18,20-25,31,36,38-39,46-47H,2-16,19,26-29,43H2,1H3,(H,48,49)/t31-,36-,38-,39-,40+/m1/s1. The number of nitriles is 1. The van der Waals surface area contributed by atoms with Crippen molar-refractivity contribution >= 4 is 30.6 Å². The largest absolute Gasteiger partial charge is 0.484 e. The van der Waals surface area contributed by atoms with Gasteiger partial charge in [0.05, 0.1) is 41.7 Å². The van der Waals surface area contributed by atoms with E-state index < -0.39 is 44.4 Å². The van der Waals surface area contributed by atoms with E-state index >= 15 is 0 Å². The topological polar surface area (TPSA) is 191 Å². The van der Waals surface area contributed by atoms with Crippen LogP contribution >= 0.6 is 19.4 Å². The third kappa shape index (κ3) is 13.7. The number of aromatic nitrogens is 2. The molecule has 1 aliphatic rings. The van der Waals surface area contributed by atoms with Crippen LogP contribution < -0.4 is 10.5 Å². The second kappa shape index (κ2) is 23.5. The third-order valence-electron chi connectivity index (χ3n) is 9.99. The minimum absolute atomic E-state index is 0.0646. The molecular formula is C40H60ClN4O9P. The van der Waals surface area contributed by atoms with Crippen molar-refractivity contribution in [2.45, 2.75) is 140 Å². The van der Waals surface area contributed by atoms with Crippen LogP contribution in [0.1, 0.15) is 115 Å². The lowest BCUT2D eigenvalue weighted by molar-refractivity contribution is -0.0651. The molecule has 1 fully saturated rings. The molecule has 13 nitrogen and oxygen atoms in total. The van der Waals surface area contributed by atoms with Crippen LogP contribution in [0.4, 0.5) is 5.69 Å². The van der Waals surface area contributed by atoms with Gasteiger partial charge in [-0.1, -0.05) is 127 Å². The summed E-state index contributed by atoms with van der Waals surface area (Å²) in [5, 5.41) is 36.5. The van der Waals surface area contributed by atoms with E-state index in [2.05, 4.69) is 12.0 Å². The van der Waals surface area contributed by atoms with Gasteiger partial charge in [-0.25, -0.2) is 9.08 Å². The molecule has 1 aromatic carbocycles. The predicted molar refractivity (Wildman–Crippen MR) is 212 cm³/mol. The van der Waals surface area contributed by atoms with Gasteiger partial charge in [0.2, 0.25) is 5.60 Å². The zero-order valence-corrected chi connectivity index (χ0v) is 33.8. The first-order valence-electron chi connectivity index (χ1n) is 19.9. The van der Waals surface area contributed by atoms with Crippen molar-refractivity contribution in [3.63, 3.8) is 0 Å². The number of aliphatic hydroxyl groups is 2. The highest BCUT2D eigenvalue weighted by Crippen LogP contribution is 2.46. The maximum absolute atomic E-state index is 13.0. The minimum Gasteiger partial charge on any atom is -0.484 e. The van der Waals surface area contributed by atoms with Crippen molar-refractivity contribution in [2.24, 2.45) is 0 Å². The number of phosphoric ester groups is 1. The summed E-state index contributed by atoms with van der Waals surface area (Å²) in [5.41, 5.74) is 4.91. The number of ether oxygens (including phenoxy) is 3. The quantitative estimate of drug-likeness (QED) is 0.0406. The van der Waals surface area contributed by atoms with E-state index in [-0.39, 0.29) is 18.9 Å². The van der Waals surface area contributed by atoms with Crippen molar-refractivity contribution in [3.8, 4) is 11.8 Å². The number of benzene rings is 1. The number of nitrogens with two attached hydrogens (primary N) is 1. The number of unbranched alkanes of at least 4 members (excludes halogenated alkanes) is 15. The Labute approximate surface area is 330 Å². The molecule has 15 heteroatoms. The Hall–Kier alpha value is -2.76. The average molecular weight is 807 g/mol. The normalized spacial score (nSPS) is 21.4. The highest BCUT2D eigenvalue weighted by molar-refractivity contribution is 7.47. The van der Waals surface area contributed by atoms with E-state index in [9.17, 15) is 24.9 Å². The van der Waals surface area contributed by atoms with Crippen LogP contribution in [0.25, 0.3) is 5.52 Å². The van der Waals surface area contributed by atoms with Gasteiger partial charge in [-0.15, -0.1) is 0 Å². The smallest absolute Gasteiger partial charge is 0.472 e. The third-order valence-corrected chi connectivity index (χ3v) is 11.3. The summed E-state index contributed by atoms with van der Waals surface area (Å²) in [6, 6.07) is 13.5. The van der Waals surface area contributed by atoms with E-state index in [1.165, 1.54) is 100 Å². The summed E-state index contributed by atoms with van der Waals surface area (Å²) >= 11 is 6.30. The highest BCUT2D eigenvalue weighted by Gasteiger charge is 2.58. The molecule has 306 valence electrons. The molecule has 1 saturated heterocycles. The predicted octanol–water partition coefficient (Wildman–Crippen LogP) is 8.27. The van der Waals surface area contributed by atoms with Gasteiger partial charge in [-0.3, -0.25) is 9.05 Å². The van der Waals surface area contributed by atoms with Gasteiger partial charge in [0, 0.05) is 12.8 Å². The van der Waals surface area contributed by atoms with Crippen molar-refractivity contribution in [2.75, 3.05) is 32.2 Å². The number of halogens is 1. The monoisotopic (exact) mass is 806 g/mol. The molecule has 4 rings (SSSR count). The molecule has 6 atom stereocenters. The maximum atomic E-state index is 13.0. The molecule has 1 unspecified atom stereocenters. The van der Waals surface area contributed by atoms with Crippen molar-refractivity contribution in [1.29, 1.82) is 5.26 Å². The summed E-state index contributed by atoms with van der Waals surface area (Å²) < 4.78 is 42.5. The molecule has 5 N–H and O–H groups in total. The van der Waals surface area contributed by atoms with E-state index in [1.807, 2.05) is 6.07 Å². The van der Waals surface area contributed by atoms with Crippen LogP contribution in [-0.2, 0) is 28.7 Å². The molecule has 1 aliphatic heterocycles. The Morgan fingerprint density at radius 1 is 0.927 bits per heavy atom. The number of hydrogen-bond acceptors (Lipinski definition) is 11. The Balaban J connectivity index is 1.17. The molecule has 0 aliphatic carbocycles. The van der Waals surface area contributed by atoms with Crippen molar-refractivity contribution in [1.82, 2.24) is 9.61 Å². The van der Waals surface area contributed by atoms with E-state index in [0.717, 1.165) is 19.3 Å². The lowest BCUT2D eigenvalue weighted by Crippen LogP contribution is -2.41. The molecule has 0 spiro atoms. The van der Waals surface area contributed by atoms with Gasteiger partial charge in [0.15, 0.2) is 0 Å². The fraction of sp³-hybridized carbons (Fsp3) is 0.650. The number of phosphoric acid groups is 1. The number of para-hydroxylation sites is 1. The number of aliphatic hydroxyl groups excluding tert-OH is 2. The first-order valence-corrected chi connectivity index (χ1v) is 21.8. The number of fused-ring (bicyclic) bond motifs is 1. The molecule has 0 saturated carbocycles. The molecule has 3 aromatic rings. The molecule has 55 heavy (non-hydrogen) atoms. The summed E-state index contributed by atoms with van der Waals surface area (Å²) in [7, 11) is -4.75. The van der Waals surface area contributed by atoms with Gasteiger partial charge in [-0.05, 0) is 36.8 Å². The highest BCUT2D eigenvalue weighted by atomic mass is 35.5. The second-order valence-electron chi connectivity index (χ2n) is 14.3. The van der Waals surface area contributed by atoms with Crippen LogP contribution in [0, 0.1) is 11.3 Å². The fourth-order valence-electron chi connectivity index (χ4n) is 6.82. The lowest BCUT2D eigenvalue weighted by Gasteiger charge is -2.24. The van der Waals surface area contributed by atoms with E-state index in [0.29, 0.717) is 28.6 Å². The first-order chi connectivity index (χ1) is 26.6. The minimum atomic E-state index is -4.75. The Morgan fingerprint density at radius 2 is 1.55 bits per heavy atom. The molecule has 0 bridgehead atoms. The molecule has 3 heterocycles. The van der Waals surface area contributed by atoms with Crippen molar-refractivity contribution < 1.29 is 42.9 Å². The summed E-state index contributed by atoms with van der Waals surface area (Å²) in [6.07, 6.45) is 16.3. The fourth-order valence-corrected chi connectivity index (χ4v) is 7.76. The van der Waals surface area contributed by atoms with Crippen LogP contribution in [0.3, 0.4) is 0 Å². The van der Waals surface area contributed by atoms with Crippen LogP contribution in [0.15, 0.2) is 48.7 Å². The Morgan fingerprint density at radius 3 is 2.16 bits per heavy atom. The molecule has 0 amide bonds. The van der Waals surface area contributed by atoms with Gasteiger partial charge < -0.3 is 35.1 Å². The summed E-state index contributed by atoms with van der Waals surface area (Å²) in [6.45, 7) is 1.75. The molecular weight excluding hydrogens is 747 g/mol. The Bertz CT molecular complexity index is 1660. The lowest BCUT2D eigenvalue weighted by atomic mass is 9.92. The average Bonchev–Trinajstić information content (AvgIpc) is 3.72. The number of hydrogen-bond donors (Lipinski definition) is 4. The summed E-state index contributed by atoms with van der Waals surface area (Å²) in [5.74, 6) is 0.357. The van der Waals surface area contributed by atoms with Gasteiger partial charge in [0.25, 0.3) is 0 Å². The number of nitrogen functional groups attached to an aromatic ring is 1. The summed E-state index contributed by atoms with van der Waals surface area (Å²) in [4.78, 5) is 10.6. The first kappa shape index (κ1) is 44.9. The number of anilines is 1. The zero-order valence-electron chi connectivity index (χ0n) is 32.1. The van der Waals surface area contributed by atoms with Crippen LogP contribution in [0.2, 0.25) is 5.02 Å². The van der Waals surface area contributed by atoms with Gasteiger partial charge in [0.1, 0.15) is 36.2 Å². The Kier molecular flexibility index (Phi) is 19.2. The second-order valence-corrected chi connectivity index (χ2v) is 16.2. The van der Waals surface area contributed by atoms with E-state index in [1.54, 1.807) is 36.4 Å². The number of nitrogens with zero attached hydrogens (tertiary/aromatic N) is 3. The van der Waals surface area contributed by atoms with Gasteiger partial charge >= 0.3 is 7.82 Å². The van der Waals surface area contributed by atoms with E-state index in [4.69, 9.17) is 40.6 Å². The van der Waals surface area contributed by atoms with Crippen LogP contribution in [0.5, 0.6) is 5.75 Å².